The van der Waals surface area contributed by atoms with Gasteiger partial charge in [-0.15, -0.1) is 0 Å². The number of hydrogen-bond acceptors (Lipinski definition) is 3. The second kappa shape index (κ2) is 9.54. The molecule has 1 heterocycles. The van der Waals surface area contributed by atoms with E-state index in [0.717, 1.165) is 57.1 Å². The summed E-state index contributed by atoms with van der Waals surface area (Å²) in [5.74, 6) is 0.941. The molecular weight excluding hydrogens is 322 g/mol. The van der Waals surface area contributed by atoms with Crippen LogP contribution in [0.15, 0.2) is 42.7 Å². The third-order valence-electron chi connectivity index (χ3n) is 5.22. The van der Waals surface area contributed by atoms with Crippen molar-refractivity contribution in [1.29, 1.82) is 0 Å². The number of unbranched alkanes of at least 4 members (excludes halogenated alkanes) is 3. The van der Waals surface area contributed by atoms with Crippen LogP contribution in [0.25, 0.3) is 11.1 Å². The summed E-state index contributed by atoms with van der Waals surface area (Å²) in [6, 6.07) is 10.7. The van der Waals surface area contributed by atoms with Gasteiger partial charge in [0.05, 0.1) is 7.11 Å². The van der Waals surface area contributed by atoms with Crippen molar-refractivity contribution in [2.45, 2.75) is 51.4 Å². The van der Waals surface area contributed by atoms with Gasteiger partial charge in [0.15, 0.2) is 0 Å². The van der Waals surface area contributed by atoms with Crippen LogP contribution in [0, 0.1) is 0 Å². The van der Waals surface area contributed by atoms with Crippen molar-refractivity contribution in [1.82, 2.24) is 4.98 Å². The van der Waals surface area contributed by atoms with E-state index in [9.17, 15) is 0 Å². The second-order valence-corrected chi connectivity index (χ2v) is 6.96. The van der Waals surface area contributed by atoms with Crippen molar-refractivity contribution < 1.29 is 9.84 Å². The molecular formula is C23H29NO2. The third kappa shape index (κ3) is 4.53. The number of fused-ring (bicyclic) bond motifs is 1. The molecule has 0 saturated heterocycles. The van der Waals surface area contributed by atoms with Gasteiger partial charge in [-0.05, 0) is 84.6 Å². The number of pyridine rings is 1. The van der Waals surface area contributed by atoms with E-state index >= 15 is 0 Å². The molecule has 2 aromatic rings. The smallest absolute Gasteiger partial charge is 0.119 e. The number of hydrogen-bond donors (Lipinski definition) is 1. The summed E-state index contributed by atoms with van der Waals surface area (Å²) in [6.45, 7) is 0.298. The molecule has 0 bridgehead atoms. The molecule has 0 spiro atoms. The fourth-order valence-electron chi connectivity index (χ4n) is 3.88. The van der Waals surface area contributed by atoms with Crippen LogP contribution in [-0.2, 0) is 6.42 Å². The molecule has 26 heavy (non-hydrogen) atoms. The first-order chi connectivity index (χ1) is 12.8. The monoisotopic (exact) mass is 351 g/mol. The normalized spacial score (nSPS) is 14.1. The van der Waals surface area contributed by atoms with E-state index < -0.39 is 0 Å². The summed E-state index contributed by atoms with van der Waals surface area (Å²) in [5.41, 5.74) is 6.95. The van der Waals surface area contributed by atoms with Crippen LogP contribution in [0.1, 0.15) is 61.6 Å². The molecule has 1 aliphatic carbocycles. The SMILES string of the molecule is COc1ccc2c(c1)CCCC(c1cccnc1)=C2CCCCCCO. The van der Waals surface area contributed by atoms with Crippen molar-refractivity contribution in [2.24, 2.45) is 0 Å². The highest BCUT2D eigenvalue weighted by Crippen LogP contribution is 2.39. The van der Waals surface area contributed by atoms with E-state index in [1.807, 2.05) is 18.5 Å². The predicted octanol–water partition coefficient (Wildman–Crippen LogP) is 5.28. The van der Waals surface area contributed by atoms with Gasteiger partial charge in [-0.3, -0.25) is 4.98 Å². The number of methoxy groups -OCH3 is 1. The highest BCUT2D eigenvalue weighted by Gasteiger charge is 2.19. The number of benzene rings is 1. The Hall–Kier alpha value is -2.13. The van der Waals surface area contributed by atoms with Gasteiger partial charge in [0.25, 0.3) is 0 Å². The molecule has 0 atom stereocenters. The second-order valence-electron chi connectivity index (χ2n) is 6.96. The van der Waals surface area contributed by atoms with Gasteiger partial charge in [-0.1, -0.05) is 25.0 Å². The Morgan fingerprint density at radius 2 is 1.96 bits per heavy atom. The molecule has 3 nitrogen and oxygen atoms in total. The maximum atomic E-state index is 8.99. The van der Waals surface area contributed by atoms with Crippen LogP contribution in [0.4, 0.5) is 0 Å². The molecule has 0 fully saturated rings. The average Bonchev–Trinajstić information content (AvgIpc) is 2.87. The standard InChI is InChI=1S/C23H29NO2/c1-26-20-12-13-22-18(16-20)8-6-11-21(19-9-7-14-24-17-19)23(22)10-4-2-3-5-15-25/h7,9,12-14,16-17,25H,2-6,8,10-11,15H2,1H3. The van der Waals surface area contributed by atoms with E-state index in [1.54, 1.807) is 7.11 Å². The molecule has 0 saturated carbocycles. The number of aryl methyl sites for hydroxylation is 1. The van der Waals surface area contributed by atoms with Gasteiger partial charge in [0, 0.05) is 19.0 Å². The third-order valence-corrected chi connectivity index (χ3v) is 5.22. The van der Waals surface area contributed by atoms with E-state index in [2.05, 4.69) is 29.2 Å². The number of aliphatic hydroxyl groups excluding tert-OH is 1. The lowest BCUT2D eigenvalue weighted by molar-refractivity contribution is 0.282. The summed E-state index contributed by atoms with van der Waals surface area (Å²) in [4.78, 5) is 4.35. The Kier molecular flexibility index (Phi) is 6.84. The Bertz CT molecular complexity index is 737. The number of rotatable bonds is 8. The zero-order valence-electron chi connectivity index (χ0n) is 15.7. The van der Waals surface area contributed by atoms with Crippen LogP contribution in [0.5, 0.6) is 5.75 Å². The van der Waals surface area contributed by atoms with Gasteiger partial charge >= 0.3 is 0 Å². The molecule has 138 valence electrons. The average molecular weight is 351 g/mol. The highest BCUT2D eigenvalue weighted by atomic mass is 16.5. The minimum atomic E-state index is 0.298. The minimum absolute atomic E-state index is 0.298. The van der Waals surface area contributed by atoms with Crippen LogP contribution >= 0.6 is 0 Å². The van der Waals surface area contributed by atoms with Crippen molar-refractivity contribution in [2.75, 3.05) is 13.7 Å². The van der Waals surface area contributed by atoms with Crippen LogP contribution in [0.3, 0.4) is 0 Å². The van der Waals surface area contributed by atoms with E-state index in [-0.39, 0.29) is 0 Å². The predicted molar refractivity (Wildman–Crippen MR) is 107 cm³/mol. The summed E-state index contributed by atoms with van der Waals surface area (Å²) in [5, 5.41) is 8.99. The zero-order chi connectivity index (χ0) is 18.2. The summed E-state index contributed by atoms with van der Waals surface area (Å²) < 4.78 is 5.44. The first-order valence-electron chi connectivity index (χ1n) is 9.74. The molecule has 0 aliphatic heterocycles. The minimum Gasteiger partial charge on any atom is -0.497 e. The molecule has 1 aliphatic rings. The largest absolute Gasteiger partial charge is 0.497 e. The van der Waals surface area contributed by atoms with Gasteiger partial charge in [-0.25, -0.2) is 0 Å². The molecule has 1 aromatic carbocycles. The zero-order valence-corrected chi connectivity index (χ0v) is 15.7. The maximum Gasteiger partial charge on any atom is 0.119 e. The number of allylic oxidation sites excluding steroid dienone is 2. The topological polar surface area (TPSA) is 42.4 Å². The van der Waals surface area contributed by atoms with Crippen molar-refractivity contribution in [3.63, 3.8) is 0 Å². The molecule has 1 aromatic heterocycles. The lowest BCUT2D eigenvalue weighted by atomic mass is 9.89. The maximum absolute atomic E-state index is 8.99. The highest BCUT2D eigenvalue weighted by molar-refractivity contribution is 5.92. The fourth-order valence-corrected chi connectivity index (χ4v) is 3.88. The Balaban J connectivity index is 1.95. The summed E-state index contributed by atoms with van der Waals surface area (Å²) >= 11 is 0. The molecule has 3 heteroatoms. The van der Waals surface area contributed by atoms with Crippen molar-refractivity contribution in [3.05, 3.63) is 59.4 Å². The number of aromatic nitrogens is 1. The lowest BCUT2D eigenvalue weighted by Crippen LogP contribution is -1.96. The van der Waals surface area contributed by atoms with E-state index in [0.29, 0.717) is 6.61 Å². The summed E-state index contributed by atoms with van der Waals surface area (Å²) in [6.07, 6.45) is 12.6. The quantitative estimate of drug-likeness (QED) is 0.658. The molecule has 3 rings (SSSR count). The van der Waals surface area contributed by atoms with Crippen LogP contribution < -0.4 is 4.74 Å². The lowest BCUT2D eigenvalue weighted by Gasteiger charge is -2.16. The van der Waals surface area contributed by atoms with Gasteiger partial charge in [0.1, 0.15) is 5.75 Å². The number of ether oxygens (including phenoxy) is 1. The Morgan fingerprint density at radius 3 is 2.73 bits per heavy atom. The van der Waals surface area contributed by atoms with Crippen LogP contribution in [-0.4, -0.2) is 23.8 Å². The molecule has 0 amide bonds. The van der Waals surface area contributed by atoms with E-state index in [4.69, 9.17) is 9.84 Å². The first kappa shape index (κ1) is 18.7. The van der Waals surface area contributed by atoms with Crippen LogP contribution in [0.2, 0.25) is 0 Å². The van der Waals surface area contributed by atoms with E-state index in [1.165, 1.54) is 27.8 Å². The summed E-state index contributed by atoms with van der Waals surface area (Å²) in [7, 11) is 1.73. The Morgan fingerprint density at radius 1 is 1.08 bits per heavy atom. The number of nitrogens with zero attached hydrogens (tertiary/aromatic N) is 1. The van der Waals surface area contributed by atoms with Crippen molar-refractivity contribution in [3.8, 4) is 5.75 Å². The molecule has 0 radical (unpaired) electrons. The van der Waals surface area contributed by atoms with Crippen molar-refractivity contribution >= 4 is 11.1 Å². The molecule has 0 unspecified atom stereocenters. The van der Waals surface area contributed by atoms with Gasteiger partial charge < -0.3 is 9.84 Å². The van der Waals surface area contributed by atoms with Gasteiger partial charge in [-0.2, -0.15) is 0 Å². The first-order valence-corrected chi connectivity index (χ1v) is 9.74. The van der Waals surface area contributed by atoms with Gasteiger partial charge in [0.2, 0.25) is 0 Å². The fraction of sp³-hybridized carbons (Fsp3) is 0.435. The number of aliphatic hydroxyl groups is 1. The molecule has 1 N–H and O–H groups in total. The Labute approximate surface area is 156 Å².